The molecule has 0 N–H and O–H groups in total. The zero-order chi connectivity index (χ0) is 17.7. The maximum atomic E-state index is 2.58. The van der Waals surface area contributed by atoms with Gasteiger partial charge in [-0.1, -0.05) is 64.0 Å². The average molecular weight is 601 g/mol. The number of rotatable bonds is 11. The van der Waals surface area contributed by atoms with E-state index in [-0.39, 0.29) is 48.0 Å². The van der Waals surface area contributed by atoms with E-state index in [4.69, 9.17) is 0 Å². The summed E-state index contributed by atoms with van der Waals surface area (Å²) in [5.41, 5.74) is 0. The highest BCUT2D eigenvalue weighted by Gasteiger charge is 2.29. The first-order valence-corrected chi connectivity index (χ1v) is 16.1. The van der Waals surface area contributed by atoms with E-state index in [0.29, 0.717) is 0 Å². The van der Waals surface area contributed by atoms with Crippen LogP contribution in [-0.2, 0) is 0 Å². The third-order valence-electron chi connectivity index (χ3n) is 4.26. The van der Waals surface area contributed by atoms with Crippen molar-refractivity contribution in [1.29, 1.82) is 0 Å². The molecule has 0 amide bonds. The smallest absolute Gasteiger partial charge is 0.113 e. The van der Waals surface area contributed by atoms with E-state index in [2.05, 4.69) is 68.5 Å². The van der Waals surface area contributed by atoms with Gasteiger partial charge in [-0.25, -0.2) is 0 Å². The van der Waals surface area contributed by atoms with Crippen molar-refractivity contribution < 1.29 is 56.9 Å². The molecule has 0 bridgehead atoms. The summed E-state index contributed by atoms with van der Waals surface area (Å²) in [7, 11) is 12.1. The Morgan fingerprint density at radius 1 is 0.500 bits per heavy atom. The number of hydrogen-bond donors (Lipinski definition) is 0. The molecule has 24 heavy (non-hydrogen) atoms. The normalized spacial score (nSPS) is 13.2. The molecule has 0 heterocycles. The van der Waals surface area contributed by atoms with E-state index in [9.17, 15) is 0 Å². The van der Waals surface area contributed by atoms with Crippen molar-refractivity contribution in [2.75, 3.05) is 54.6 Å². The zero-order valence-electron chi connectivity index (χ0n) is 18.3. The lowest BCUT2D eigenvalue weighted by atomic mass is 10.2. The Morgan fingerprint density at radius 3 is 0.958 bits per heavy atom. The summed E-state index contributed by atoms with van der Waals surface area (Å²) in [5, 5.41) is 0. The number of hydrogen-bond acceptors (Lipinski definition) is 0. The summed E-state index contributed by atoms with van der Waals surface area (Å²) in [4.78, 5) is 0. The fourth-order valence-electron chi connectivity index (χ4n) is 4.29. The van der Waals surface area contributed by atoms with Crippen molar-refractivity contribution in [2.45, 2.75) is 64.0 Å². The molecule has 0 aliphatic rings. The number of halogens is 2. The fraction of sp³-hybridized carbons (Fsp3) is 1.00. The Morgan fingerprint density at radius 2 is 0.750 bits per heavy atom. The predicted molar refractivity (Wildman–Crippen MR) is 109 cm³/mol. The highest BCUT2D eigenvalue weighted by molar-refractivity contribution is 6.77. The van der Waals surface area contributed by atoms with Crippen LogP contribution in [0.25, 0.3) is 0 Å². The zero-order valence-corrected chi connectivity index (χ0v) is 24.6. The SMILES string of the molecule is C[N+](C)(C)C[Si](C)(C)CCCCCC[Si](C)(C)C[N+](C)(C)C.[I-].[I-]. The summed E-state index contributed by atoms with van der Waals surface area (Å²) in [5.74, 6) is 0. The first kappa shape index (κ1) is 30.5. The van der Waals surface area contributed by atoms with E-state index in [1.807, 2.05) is 0 Å². The first-order chi connectivity index (χ1) is 9.62. The van der Waals surface area contributed by atoms with Crippen molar-refractivity contribution in [1.82, 2.24) is 0 Å². The summed E-state index contributed by atoms with van der Waals surface area (Å²) < 4.78 is 2.29. The minimum atomic E-state index is -0.989. The van der Waals surface area contributed by atoms with E-state index >= 15 is 0 Å². The van der Waals surface area contributed by atoms with Crippen LogP contribution in [0.1, 0.15) is 25.7 Å². The maximum absolute atomic E-state index is 2.58. The molecule has 0 aliphatic heterocycles. The van der Waals surface area contributed by atoms with Crippen LogP contribution >= 0.6 is 0 Å². The Balaban J connectivity index is -0.00000220. The molecule has 0 saturated carbocycles. The highest BCUT2D eigenvalue weighted by Crippen LogP contribution is 2.21. The predicted octanol–water partition coefficient (Wildman–Crippen LogP) is -1.54. The first-order valence-electron chi connectivity index (χ1n) is 9.23. The van der Waals surface area contributed by atoms with E-state index < -0.39 is 16.1 Å². The molecule has 0 aromatic heterocycles. The van der Waals surface area contributed by atoms with E-state index in [1.165, 1.54) is 50.1 Å². The lowest BCUT2D eigenvalue weighted by molar-refractivity contribution is -0.860. The summed E-state index contributed by atoms with van der Waals surface area (Å²) >= 11 is 0. The van der Waals surface area contributed by atoms with Gasteiger partial charge in [-0.2, -0.15) is 0 Å². The third kappa shape index (κ3) is 20.1. The molecule has 0 saturated heterocycles. The van der Waals surface area contributed by atoms with Crippen molar-refractivity contribution in [3.8, 4) is 0 Å². The third-order valence-corrected chi connectivity index (χ3v) is 11.3. The summed E-state index contributed by atoms with van der Waals surface area (Å²) in [6.07, 6.45) is 8.69. The van der Waals surface area contributed by atoms with Gasteiger partial charge in [0.1, 0.15) is 16.1 Å². The van der Waals surface area contributed by atoms with Gasteiger partial charge < -0.3 is 56.9 Å². The van der Waals surface area contributed by atoms with Crippen molar-refractivity contribution in [3.05, 3.63) is 0 Å². The molecule has 0 spiro atoms. The van der Waals surface area contributed by atoms with Gasteiger partial charge in [0.25, 0.3) is 0 Å². The second-order valence-corrected chi connectivity index (χ2v) is 21.4. The number of unbranched alkanes of at least 4 members (excludes halogenated alkanes) is 3. The van der Waals surface area contributed by atoms with Crippen LogP contribution < -0.4 is 48.0 Å². The molecule has 0 atom stereocenters. The Labute approximate surface area is 190 Å². The number of quaternary nitrogens is 2. The summed E-state index contributed by atoms with van der Waals surface area (Å²) in [6, 6.07) is 3.03. The molecule has 0 unspecified atom stereocenters. The monoisotopic (exact) mass is 600 g/mol. The van der Waals surface area contributed by atoms with Crippen LogP contribution in [0.4, 0.5) is 0 Å². The molecular formula is C18H46I2N2Si2. The van der Waals surface area contributed by atoms with Gasteiger partial charge in [0.15, 0.2) is 0 Å². The second-order valence-electron chi connectivity index (χ2n) is 11.1. The topological polar surface area (TPSA) is 0 Å². The van der Waals surface area contributed by atoms with Crippen LogP contribution in [0, 0.1) is 0 Å². The largest absolute Gasteiger partial charge is 1.00 e. The van der Waals surface area contributed by atoms with Gasteiger partial charge >= 0.3 is 0 Å². The molecular weight excluding hydrogens is 554 g/mol. The minimum absolute atomic E-state index is 0. The summed E-state index contributed by atoms with van der Waals surface area (Å²) in [6.45, 7) is 10.3. The quantitative estimate of drug-likeness (QED) is 0.117. The van der Waals surface area contributed by atoms with E-state index in [1.54, 1.807) is 0 Å². The highest BCUT2D eigenvalue weighted by atomic mass is 127. The van der Waals surface area contributed by atoms with Crippen LogP contribution in [0.2, 0.25) is 38.3 Å². The molecule has 0 fully saturated rings. The van der Waals surface area contributed by atoms with Gasteiger partial charge in [-0.05, 0) is 0 Å². The average Bonchev–Trinajstić information content (AvgIpc) is 2.15. The molecule has 0 radical (unpaired) electrons. The van der Waals surface area contributed by atoms with Gasteiger partial charge in [0.2, 0.25) is 0 Å². The van der Waals surface area contributed by atoms with E-state index in [0.717, 1.165) is 8.97 Å². The Hall–Kier alpha value is 1.81. The van der Waals surface area contributed by atoms with Crippen LogP contribution in [-0.4, -0.2) is 79.7 Å². The van der Waals surface area contributed by atoms with Crippen LogP contribution in [0.5, 0.6) is 0 Å². The van der Waals surface area contributed by atoms with Gasteiger partial charge in [-0.3, -0.25) is 0 Å². The van der Waals surface area contributed by atoms with Gasteiger partial charge in [-0.15, -0.1) is 0 Å². The van der Waals surface area contributed by atoms with Crippen LogP contribution in [0.3, 0.4) is 0 Å². The van der Waals surface area contributed by atoms with Gasteiger partial charge in [0.05, 0.1) is 54.6 Å². The molecule has 2 nitrogen and oxygen atoms in total. The second kappa shape index (κ2) is 12.3. The molecule has 0 aromatic carbocycles. The van der Waals surface area contributed by atoms with Crippen molar-refractivity contribution in [3.63, 3.8) is 0 Å². The van der Waals surface area contributed by atoms with Crippen molar-refractivity contribution in [2.24, 2.45) is 0 Å². The lowest BCUT2D eigenvalue weighted by Crippen LogP contribution is -3.00. The van der Waals surface area contributed by atoms with Crippen LogP contribution in [0.15, 0.2) is 0 Å². The standard InChI is InChI=1S/C18H46N2Si2.2HI/c1-19(2,3)17-21(7,8)15-13-11-12-14-16-22(9,10)18-20(4,5)6;;/h11-18H2,1-10H3;2*1H/q+2;;/p-2. The maximum Gasteiger partial charge on any atom is 0.113 e. The minimum Gasteiger partial charge on any atom is -1.00 e. The Kier molecular flexibility index (Phi) is 15.7. The molecule has 6 heteroatoms. The molecule has 0 aliphatic carbocycles. The lowest BCUT2D eigenvalue weighted by Gasteiger charge is -2.33. The number of nitrogens with zero attached hydrogens (tertiary/aromatic N) is 2. The molecule has 0 rings (SSSR count). The Bertz CT molecular complexity index is 290. The molecule has 0 aromatic rings. The molecule has 150 valence electrons. The van der Waals surface area contributed by atoms with Gasteiger partial charge in [0, 0.05) is 0 Å². The van der Waals surface area contributed by atoms with Crippen molar-refractivity contribution >= 4 is 16.1 Å². The fourth-order valence-corrected chi connectivity index (χ4v) is 12.2.